The predicted octanol–water partition coefficient (Wildman–Crippen LogP) is 19.0. The second-order valence-corrected chi connectivity index (χ2v) is 35.6. The Morgan fingerprint density at radius 3 is 1.27 bits per heavy atom. The Morgan fingerprint density at radius 1 is 0.516 bits per heavy atom. The first-order valence-corrected chi connectivity index (χ1v) is 40.8. The van der Waals surface area contributed by atoms with Gasteiger partial charge in [-0.1, -0.05) is 159 Å². The number of ether oxygens (including phenoxy) is 1. The molecule has 9 unspecified atom stereocenters. The molecule has 13 heteroatoms. The number of esters is 1. The zero-order valence-corrected chi connectivity index (χ0v) is 64.2. The van der Waals surface area contributed by atoms with Crippen molar-refractivity contribution in [2.24, 2.45) is 128 Å². The molecule has 0 saturated heterocycles. The molecule has 0 aliphatic heterocycles. The topological polar surface area (TPSA) is 186 Å². The van der Waals surface area contributed by atoms with Crippen molar-refractivity contribution in [3.63, 3.8) is 0 Å². The van der Waals surface area contributed by atoms with Crippen LogP contribution in [0.25, 0.3) is 0 Å². The zero-order valence-electron chi connectivity index (χ0n) is 63.4. The van der Waals surface area contributed by atoms with Gasteiger partial charge in [0.1, 0.15) is 6.29 Å². The minimum absolute atomic E-state index is 0.0905. The number of aryl methyl sites for hydroxylation is 1. The molecule has 8 saturated carbocycles. The summed E-state index contributed by atoms with van der Waals surface area (Å²) in [5.41, 5.74) is 3.16. The molecule has 0 spiro atoms. The number of carbonyl (C=O) groups is 2. The van der Waals surface area contributed by atoms with Gasteiger partial charge in [0.2, 0.25) is 0 Å². The van der Waals surface area contributed by atoms with Crippen molar-refractivity contribution in [2.45, 2.75) is 295 Å². The van der Waals surface area contributed by atoms with E-state index in [9.17, 15) is 33.3 Å². The maximum Gasteiger partial charge on any atom is 0.305 e. The van der Waals surface area contributed by atoms with Gasteiger partial charge in [0, 0.05) is 45.2 Å². The van der Waals surface area contributed by atoms with Crippen molar-refractivity contribution in [3.05, 3.63) is 29.8 Å². The van der Waals surface area contributed by atoms with Gasteiger partial charge in [-0.2, -0.15) is 8.42 Å². The summed E-state index contributed by atoms with van der Waals surface area (Å²) in [4.78, 5) is 31.0. The van der Waals surface area contributed by atoms with E-state index in [0.717, 1.165) is 127 Å². The van der Waals surface area contributed by atoms with Crippen molar-refractivity contribution < 1.29 is 57.1 Å². The van der Waals surface area contributed by atoms with Crippen LogP contribution in [0.4, 0.5) is 0 Å². The summed E-state index contributed by atoms with van der Waals surface area (Å²) >= 11 is 0. The van der Waals surface area contributed by atoms with Crippen LogP contribution in [-0.2, 0) is 38.4 Å². The molecule has 9 rings (SSSR count). The molecule has 0 bridgehead atoms. The molecule has 0 radical (unpaired) electrons. The van der Waals surface area contributed by atoms with Gasteiger partial charge in [-0.25, -0.2) is 9.78 Å². The van der Waals surface area contributed by atoms with E-state index in [4.69, 9.17) is 18.9 Å². The van der Waals surface area contributed by atoms with E-state index in [1.165, 1.54) is 135 Å². The highest BCUT2D eigenvalue weighted by molar-refractivity contribution is 7.86. The number of aliphatic hydroxyl groups is 4. The second-order valence-electron chi connectivity index (χ2n) is 33.9. The summed E-state index contributed by atoms with van der Waals surface area (Å²) in [5.74, 6) is 13.3. The van der Waals surface area contributed by atoms with Crippen LogP contribution in [0.3, 0.4) is 0 Å². The molecule has 0 aromatic heterocycles. The van der Waals surface area contributed by atoms with E-state index in [1.807, 2.05) is 26.0 Å². The third-order valence-corrected chi connectivity index (χ3v) is 29.3. The van der Waals surface area contributed by atoms with Crippen molar-refractivity contribution >= 4 is 22.4 Å². The van der Waals surface area contributed by atoms with E-state index >= 15 is 0 Å². The quantitative estimate of drug-likeness (QED) is 0.0149. The first kappa shape index (κ1) is 83.7. The Kier molecular flexibility index (Phi) is 35.8. The maximum atomic E-state index is 12.4. The molecule has 552 valence electrons. The minimum Gasteiger partial charge on any atom is -0.466 e. The highest BCUT2D eigenvalue weighted by atomic mass is 32.2. The second kappa shape index (κ2) is 40.6. The third-order valence-electron chi connectivity index (χ3n) is 28.0. The maximum absolute atomic E-state index is 12.4. The average molecular weight is 1360 g/mol. The zero-order chi connectivity index (χ0) is 70.2. The molecule has 1 aromatic rings. The molecule has 1 aromatic carbocycles. The largest absolute Gasteiger partial charge is 0.466 e. The minimum atomic E-state index is -3.64. The van der Waals surface area contributed by atoms with Crippen LogP contribution in [0.5, 0.6) is 0 Å². The summed E-state index contributed by atoms with van der Waals surface area (Å²) < 4.78 is 34.8. The summed E-state index contributed by atoms with van der Waals surface area (Å²) in [6.07, 6.45) is 36.8. The number of carbonyl (C=O) groups excluding carboxylic acids is 2. The van der Waals surface area contributed by atoms with Gasteiger partial charge in [-0.05, 0) is 271 Å². The number of benzene rings is 1. The Balaban J connectivity index is 0.000000220. The first-order valence-electron chi connectivity index (χ1n) is 39.4. The lowest BCUT2D eigenvalue weighted by molar-refractivity contribution is -0.291. The van der Waals surface area contributed by atoms with Gasteiger partial charge < -0.3 is 30.0 Å². The number of aldehydes is 1. The van der Waals surface area contributed by atoms with Gasteiger partial charge in [0.15, 0.2) is 0 Å². The summed E-state index contributed by atoms with van der Waals surface area (Å²) in [7, 11) is -3.64. The molecule has 8 fully saturated rings. The van der Waals surface area contributed by atoms with E-state index < -0.39 is 10.1 Å². The molecule has 8 aliphatic rings. The fourth-order valence-electron chi connectivity index (χ4n) is 22.6. The van der Waals surface area contributed by atoms with Crippen molar-refractivity contribution in [2.75, 3.05) is 52.9 Å². The smallest absolute Gasteiger partial charge is 0.305 e. The number of rotatable bonds is 29. The molecular formula is C82H146O12S. The number of hydrogen-bond donors (Lipinski definition) is 4. The molecule has 8 aliphatic carbocycles. The fourth-order valence-corrected chi connectivity index (χ4v) is 23.5. The Hall–Kier alpha value is -1.97. The summed E-state index contributed by atoms with van der Waals surface area (Å²) in [6, 6.07) is 6.87. The fraction of sp³-hybridized carbons (Fsp3) is 0.902. The van der Waals surface area contributed by atoms with E-state index in [2.05, 4.69) is 88.0 Å². The van der Waals surface area contributed by atoms with Crippen LogP contribution in [0.1, 0.15) is 289 Å². The van der Waals surface area contributed by atoms with Crippen LogP contribution in [-0.4, -0.2) is 94.0 Å². The van der Waals surface area contributed by atoms with Gasteiger partial charge in [-0.3, -0.25) is 8.98 Å². The Bertz CT molecular complexity index is 2420. The average Bonchev–Trinajstić information content (AvgIpc) is 1.67. The molecule has 4 N–H and O–H groups in total. The van der Waals surface area contributed by atoms with E-state index in [1.54, 1.807) is 19.1 Å². The SMILES string of the molecule is CC(CC=O)[C@H]1CCC2[C@@H](C)CCC[C@@]21C.CC(CCC(CO)CCO)[C@H]1CCC2[C@@H](C)CCC[C@@]21C.CC(CCC(CO)CO)[C@H]1CCC2[C@@H](C)CCC[C@@]21C.CCOOCCCC(=O)OCC.Cc1ccc(S(=O)(=O)OCCC(C)[C@H]2CCC3[C@@H](C)CCC[C@@]32C)cc1. The first-order chi connectivity index (χ1) is 45.2. The van der Waals surface area contributed by atoms with Gasteiger partial charge in [0.25, 0.3) is 10.1 Å². The Morgan fingerprint density at radius 2 is 0.905 bits per heavy atom. The van der Waals surface area contributed by atoms with Crippen molar-refractivity contribution in [1.82, 2.24) is 0 Å². The molecule has 0 amide bonds. The van der Waals surface area contributed by atoms with Crippen LogP contribution in [0.2, 0.25) is 0 Å². The molecule has 95 heavy (non-hydrogen) atoms. The lowest BCUT2D eigenvalue weighted by Crippen LogP contribution is -2.38. The molecule has 0 heterocycles. The van der Waals surface area contributed by atoms with Crippen molar-refractivity contribution in [1.29, 1.82) is 0 Å². The van der Waals surface area contributed by atoms with Gasteiger partial charge >= 0.3 is 5.97 Å². The van der Waals surface area contributed by atoms with E-state index in [0.29, 0.717) is 78.0 Å². The molecule has 12 nitrogen and oxygen atoms in total. The number of aliphatic hydroxyl groups excluding tert-OH is 4. The van der Waals surface area contributed by atoms with Gasteiger partial charge in [-0.15, -0.1) is 0 Å². The highest BCUT2D eigenvalue weighted by Crippen LogP contribution is 2.63. The van der Waals surface area contributed by atoms with Crippen LogP contribution < -0.4 is 0 Å². The lowest BCUT2D eigenvalue weighted by Gasteiger charge is -2.46. The number of fused-ring (bicyclic) bond motifs is 4. The van der Waals surface area contributed by atoms with Crippen LogP contribution in [0, 0.1) is 135 Å². The summed E-state index contributed by atoms with van der Waals surface area (Å²) in [5, 5.41) is 36.9. The molecule has 21 atom stereocenters. The lowest BCUT2D eigenvalue weighted by atomic mass is 9.59. The van der Waals surface area contributed by atoms with Crippen LogP contribution in [0.15, 0.2) is 29.2 Å². The Labute approximate surface area is 582 Å². The highest BCUT2D eigenvalue weighted by Gasteiger charge is 2.55. The number of hydrogen-bond acceptors (Lipinski definition) is 12. The standard InChI is InChI=1S/C22H34O3S.C19H36O2.C18H34O2.C15H26O.C8H16O4/c1-16-7-9-19(10-8-16)26(23,24)25-15-13-18(3)21-12-11-20-17(2)6-5-14-22(20,21)4;1-14-5-4-11-19(3)17(14)8-9-18(19)15(2)6-7-16(13-21)10-12-20;1-13-5-4-10-18(3)16(13)8-9-17(18)14(2)6-7-15(11-19)12-20;1-11-5-4-9-15(3)13(11)6-7-14(15)12(2)8-10-16;1-3-10-8(9)6-5-7-12-11-4-2/h7-10,17-18,20-21H,5-6,11-15H2,1-4H3;14-18,20-21H,4-13H2,1-3H3;13-17,19-20H,4-12H2,1-3H3;10-14H,4-9H2,1-3H3;3-7H2,1-2H3/t17-,18?,20?,21+,22-;14-,15?,16?,17?,18+,19-;13-,14?,16?,17+,18-;11-,12?,13?,14+,15-;/m0000./s1. The third kappa shape index (κ3) is 22.8. The molecular weight excluding hydrogens is 1210 g/mol. The van der Waals surface area contributed by atoms with Gasteiger partial charge in [0.05, 0.1) is 31.3 Å². The predicted molar refractivity (Wildman–Crippen MR) is 387 cm³/mol. The monoisotopic (exact) mass is 1360 g/mol. The van der Waals surface area contributed by atoms with Crippen LogP contribution >= 0.6 is 0 Å². The van der Waals surface area contributed by atoms with Crippen molar-refractivity contribution in [3.8, 4) is 0 Å². The summed E-state index contributed by atoms with van der Waals surface area (Å²) in [6.45, 7) is 37.3. The van der Waals surface area contributed by atoms with E-state index in [-0.39, 0.29) is 49.8 Å². The normalized spacial score (nSPS) is 34.7.